The molecular formula is C13H25ClN2O2S. The fraction of sp³-hybridized carbons (Fsp3) is 0.923. The van der Waals surface area contributed by atoms with E-state index in [1.165, 1.54) is 0 Å². The Balaban J connectivity index is 0.00000180. The third-order valence-corrected chi connectivity index (χ3v) is 5.51. The minimum atomic E-state index is 0. The van der Waals surface area contributed by atoms with E-state index in [0.717, 1.165) is 58.5 Å². The van der Waals surface area contributed by atoms with E-state index in [1.54, 1.807) is 0 Å². The molecule has 0 aromatic carbocycles. The summed E-state index contributed by atoms with van der Waals surface area (Å²) in [4.78, 5) is 12.1. The topological polar surface area (TPSA) is 50.4 Å². The number of nitrogens with one attached hydrogen (secondary N) is 2. The highest BCUT2D eigenvalue weighted by Crippen LogP contribution is 2.33. The molecule has 0 radical (unpaired) electrons. The minimum absolute atomic E-state index is 0. The van der Waals surface area contributed by atoms with E-state index in [0.29, 0.717) is 0 Å². The molecule has 19 heavy (non-hydrogen) atoms. The van der Waals surface area contributed by atoms with Crippen LogP contribution in [0.3, 0.4) is 0 Å². The first-order valence-electron chi connectivity index (χ1n) is 6.87. The lowest BCUT2D eigenvalue weighted by atomic mass is 9.96. The molecule has 6 heteroatoms. The second-order valence-corrected chi connectivity index (χ2v) is 6.53. The summed E-state index contributed by atoms with van der Waals surface area (Å²) < 4.78 is 5.60. The average molecular weight is 309 g/mol. The van der Waals surface area contributed by atoms with E-state index in [4.69, 9.17) is 4.74 Å². The summed E-state index contributed by atoms with van der Waals surface area (Å²) in [6.45, 7) is 4.31. The Bertz CT molecular complexity index is 280. The number of hydrogen-bond acceptors (Lipinski definition) is 4. The molecule has 2 fully saturated rings. The highest BCUT2D eigenvalue weighted by atomic mass is 35.5. The third-order valence-electron chi connectivity index (χ3n) is 4.09. The van der Waals surface area contributed by atoms with Gasteiger partial charge in [-0.15, -0.1) is 12.4 Å². The molecule has 1 atom stereocenters. The van der Waals surface area contributed by atoms with Gasteiger partial charge in [0.1, 0.15) is 0 Å². The minimum Gasteiger partial charge on any atom is -0.381 e. The second-order valence-electron chi connectivity index (χ2n) is 5.26. The van der Waals surface area contributed by atoms with E-state index in [9.17, 15) is 4.79 Å². The van der Waals surface area contributed by atoms with Gasteiger partial charge in [-0.2, -0.15) is 11.8 Å². The van der Waals surface area contributed by atoms with Crippen molar-refractivity contribution in [1.82, 2.24) is 10.6 Å². The summed E-state index contributed by atoms with van der Waals surface area (Å²) in [5.74, 6) is 0.389. The van der Waals surface area contributed by atoms with E-state index >= 15 is 0 Å². The van der Waals surface area contributed by atoms with Gasteiger partial charge in [-0.1, -0.05) is 0 Å². The van der Waals surface area contributed by atoms with Gasteiger partial charge in [0.15, 0.2) is 0 Å². The SMILES string of the molecule is CSC1(CNC(=O)C2CCCNC2)CCOCC1.Cl. The van der Waals surface area contributed by atoms with E-state index < -0.39 is 0 Å². The second kappa shape index (κ2) is 8.35. The molecule has 0 bridgehead atoms. The van der Waals surface area contributed by atoms with E-state index in [2.05, 4.69) is 16.9 Å². The zero-order valence-corrected chi connectivity index (χ0v) is 13.2. The summed E-state index contributed by atoms with van der Waals surface area (Å²) in [5.41, 5.74) is 0. The van der Waals surface area contributed by atoms with Crippen molar-refractivity contribution in [1.29, 1.82) is 0 Å². The number of hydrogen-bond donors (Lipinski definition) is 2. The molecule has 2 aliphatic rings. The fourth-order valence-electron chi connectivity index (χ4n) is 2.66. The number of piperidine rings is 1. The van der Waals surface area contributed by atoms with Crippen molar-refractivity contribution in [2.75, 3.05) is 39.1 Å². The number of carbonyl (C=O) groups excluding carboxylic acids is 1. The quantitative estimate of drug-likeness (QED) is 0.825. The van der Waals surface area contributed by atoms with E-state index in [-0.39, 0.29) is 29.0 Å². The van der Waals surface area contributed by atoms with Crippen LogP contribution in [0, 0.1) is 5.92 Å². The van der Waals surface area contributed by atoms with Crippen molar-refractivity contribution < 1.29 is 9.53 Å². The van der Waals surface area contributed by atoms with Crippen molar-refractivity contribution in [2.45, 2.75) is 30.4 Å². The van der Waals surface area contributed by atoms with Gasteiger partial charge in [-0.05, 0) is 38.5 Å². The van der Waals surface area contributed by atoms with Gasteiger partial charge in [0, 0.05) is 31.1 Å². The van der Waals surface area contributed by atoms with Gasteiger partial charge in [-0.3, -0.25) is 4.79 Å². The zero-order valence-electron chi connectivity index (χ0n) is 11.6. The van der Waals surface area contributed by atoms with Gasteiger partial charge < -0.3 is 15.4 Å². The summed E-state index contributed by atoms with van der Waals surface area (Å²) in [6.07, 6.45) is 6.35. The smallest absolute Gasteiger partial charge is 0.224 e. The van der Waals surface area contributed by atoms with Crippen LogP contribution in [0.25, 0.3) is 0 Å². The molecule has 2 rings (SSSR count). The number of ether oxygens (including phenoxy) is 1. The number of halogens is 1. The zero-order chi connectivity index (χ0) is 12.8. The van der Waals surface area contributed by atoms with Crippen molar-refractivity contribution >= 4 is 30.1 Å². The van der Waals surface area contributed by atoms with E-state index in [1.807, 2.05) is 11.8 Å². The number of carbonyl (C=O) groups is 1. The molecule has 0 saturated carbocycles. The fourth-order valence-corrected chi connectivity index (χ4v) is 3.46. The largest absolute Gasteiger partial charge is 0.381 e. The Kier molecular flexibility index (Phi) is 7.50. The number of amides is 1. The van der Waals surface area contributed by atoms with Crippen LogP contribution in [-0.4, -0.2) is 49.8 Å². The average Bonchev–Trinajstić information content (AvgIpc) is 2.47. The Morgan fingerprint density at radius 3 is 2.79 bits per heavy atom. The Morgan fingerprint density at radius 1 is 1.47 bits per heavy atom. The van der Waals surface area contributed by atoms with Crippen LogP contribution >= 0.6 is 24.2 Å². The molecule has 0 aliphatic carbocycles. The Labute approximate surface area is 126 Å². The standard InChI is InChI=1S/C13H24N2O2S.ClH/c1-18-13(4-7-17-8-5-13)10-15-12(16)11-3-2-6-14-9-11;/h11,14H,2-10H2,1H3,(H,15,16);1H. The normalized spacial score (nSPS) is 26.3. The molecule has 0 aromatic heterocycles. The van der Waals surface area contributed by atoms with Crippen LogP contribution in [0.15, 0.2) is 0 Å². The summed E-state index contributed by atoms with van der Waals surface area (Å²) >= 11 is 1.87. The molecular weight excluding hydrogens is 284 g/mol. The van der Waals surface area contributed by atoms with Crippen LogP contribution in [0.5, 0.6) is 0 Å². The highest BCUT2D eigenvalue weighted by Gasteiger charge is 2.33. The lowest BCUT2D eigenvalue weighted by Crippen LogP contribution is -2.47. The molecule has 4 nitrogen and oxygen atoms in total. The first-order chi connectivity index (χ1) is 8.76. The maximum Gasteiger partial charge on any atom is 0.224 e. The molecule has 2 heterocycles. The molecule has 0 aromatic rings. The van der Waals surface area contributed by atoms with Crippen LogP contribution in [0.1, 0.15) is 25.7 Å². The van der Waals surface area contributed by atoms with Gasteiger partial charge >= 0.3 is 0 Å². The van der Waals surface area contributed by atoms with Crippen molar-refractivity contribution in [3.63, 3.8) is 0 Å². The lowest BCUT2D eigenvalue weighted by Gasteiger charge is -2.36. The summed E-state index contributed by atoms with van der Waals surface area (Å²) in [6, 6.07) is 0. The predicted octanol–water partition coefficient (Wildman–Crippen LogP) is 1.44. The summed E-state index contributed by atoms with van der Waals surface area (Å²) in [5, 5.41) is 6.45. The number of rotatable bonds is 4. The predicted molar refractivity (Wildman–Crippen MR) is 82.2 cm³/mol. The van der Waals surface area contributed by atoms with Crippen molar-refractivity contribution in [3.8, 4) is 0 Å². The molecule has 1 amide bonds. The molecule has 0 spiro atoms. The van der Waals surface area contributed by atoms with Gasteiger partial charge in [0.2, 0.25) is 5.91 Å². The molecule has 1 unspecified atom stereocenters. The van der Waals surface area contributed by atoms with Crippen LogP contribution in [-0.2, 0) is 9.53 Å². The first kappa shape index (κ1) is 17.1. The number of thioether (sulfide) groups is 1. The van der Waals surface area contributed by atoms with Crippen LogP contribution in [0.2, 0.25) is 0 Å². The Morgan fingerprint density at radius 2 is 2.21 bits per heavy atom. The highest BCUT2D eigenvalue weighted by molar-refractivity contribution is 8.00. The maximum atomic E-state index is 12.1. The van der Waals surface area contributed by atoms with Crippen molar-refractivity contribution in [2.24, 2.45) is 5.92 Å². The van der Waals surface area contributed by atoms with Crippen LogP contribution < -0.4 is 10.6 Å². The molecule has 112 valence electrons. The van der Waals surface area contributed by atoms with Crippen LogP contribution in [0.4, 0.5) is 0 Å². The van der Waals surface area contributed by atoms with Gasteiger partial charge in [0.05, 0.1) is 5.92 Å². The third kappa shape index (κ3) is 4.81. The molecule has 2 saturated heterocycles. The summed E-state index contributed by atoms with van der Waals surface area (Å²) in [7, 11) is 0. The molecule has 2 aliphatic heterocycles. The van der Waals surface area contributed by atoms with Gasteiger partial charge in [-0.25, -0.2) is 0 Å². The van der Waals surface area contributed by atoms with Gasteiger partial charge in [0.25, 0.3) is 0 Å². The van der Waals surface area contributed by atoms with Crippen molar-refractivity contribution in [3.05, 3.63) is 0 Å². The molecule has 2 N–H and O–H groups in total. The Hall–Kier alpha value is 0.0300. The monoisotopic (exact) mass is 308 g/mol. The first-order valence-corrected chi connectivity index (χ1v) is 8.10. The maximum absolute atomic E-state index is 12.1. The lowest BCUT2D eigenvalue weighted by molar-refractivity contribution is -0.125.